The minimum atomic E-state index is -0.167. The zero-order chi connectivity index (χ0) is 8.65. The van der Waals surface area contributed by atoms with Gasteiger partial charge in [0.2, 0.25) is 5.91 Å². The van der Waals surface area contributed by atoms with Crippen molar-refractivity contribution in [2.45, 2.75) is 13.8 Å². The average molecular weight is 156 g/mol. The summed E-state index contributed by atoms with van der Waals surface area (Å²) in [7, 11) is 2.02. The molecule has 1 fully saturated rings. The number of carbonyl (C=O) groups excluding carboxylic acids is 1. The van der Waals surface area contributed by atoms with Gasteiger partial charge in [-0.3, -0.25) is 4.79 Å². The fourth-order valence-corrected chi connectivity index (χ4v) is 1.90. The molecule has 1 rings (SSSR count). The van der Waals surface area contributed by atoms with Gasteiger partial charge in [-0.05, 0) is 12.5 Å². The fourth-order valence-electron chi connectivity index (χ4n) is 1.90. The van der Waals surface area contributed by atoms with Crippen LogP contribution in [0.25, 0.3) is 0 Å². The highest BCUT2D eigenvalue weighted by atomic mass is 16.1. The first kappa shape index (κ1) is 8.53. The number of primary amides is 1. The molecule has 11 heavy (non-hydrogen) atoms. The van der Waals surface area contributed by atoms with Crippen LogP contribution in [0.4, 0.5) is 0 Å². The Labute approximate surface area is 67.5 Å². The lowest BCUT2D eigenvalue weighted by Crippen LogP contribution is -2.34. The molecule has 0 aromatic carbocycles. The summed E-state index contributed by atoms with van der Waals surface area (Å²) in [4.78, 5) is 13.1. The summed E-state index contributed by atoms with van der Waals surface area (Å²) in [6.07, 6.45) is 0. The Morgan fingerprint density at radius 3 is 2.36 bits per heavy atom. The van der Waals surface area contributed by atoms with Crippen LogP contribution >= 0.6 is 0 Å². The summed E-state index contributed by atoms with van der Waals surface area (Å²) in [5.74, 6) is -0.146. The number of hydrogen-bond donors (Lipinski definition) is 1. The van der Waals surface area contributed by atoms with Crippen LogP contribution in [0.1, 0.15) is 13.8 Å². The number of nitrogens with two attached hydrogens (primary N) is 1. The van der Waals surface area contributed by atoms with Crippen molar-refractivity contribution in [2.24, 2.45) is 17.1 Å². The molecule has 0 bridgehead atoms. The normalized spacial score (nSPS) is 30.6. The number of carbonyl (C=O) groups is 1. The largest absolute Gasteiger partial charge is 0.369 e. The number of nitrogens with zero attached hydrogens (tertiary/aromatic N) is 1. The quantitative estimate of drug-likeness (QED) is 0.583. The standard InChI is InChI=1S/C8H16N2O/c1-8(2)5-10(3)4-6(8)7(9)11/h6H,4-5H2,1-3H3,(H2,9,11). The molecule has 0 radical (unpaired) electrons. The van der Waals surface area contributed by atoms with Crippen molar-refractivity contribution in [3.63, 3.8) is 0 Å². The van der Waals surface area contributed by atoms with Crippen LogP contribution in [-0.2, 0) is 4.79 Å². The van der Waals surface area contributed by atoms with Crippen molar-refractivity contribution in [1.29, 1.82) is 0 Å². The third-order valence-corrected chi connectivity index (χ3v) is 2.46. The van der Waals surface area contributed by atoms with Crippen LogP contribution < -0.4 is 5.73 Å². The van der Waals surface area contributed by atoms with Crippen molar-refractivity contribution >= 4 is 5.91 Å². The van der Waals surface area contributed by atoms with Gasteiger partial charge in [-0.15, -0.1) is 0 Å². The van der Waals surface area contributed by atoms with E-state index in [0.29, 0.717) is 0 Å². The number of likely N-dealkylation sites (tertiary alicyclic amines) is 1. The predicted molar refractivity (Wildman–Crippen MR) is 44.0 cm³/mol. The number of amides is 1. The first-order valence-electron chi connectivity index (χ1n) is 3.91. The maximum atomic E-state index is 11.0. The first-order valence-corrected chi connectivity index (χ1v) is 3.91. The number of hydrogen-bond acceptors (Lipinski definition) is 2. The highest BCUT2D eigenvalue weighted by molar-refractivity contribution is 5.78. The molecule has 0 saturated carbocycles. The van der Waals surface area contributed by atoms with Gasteiger partial charge < -0.3 is 10.6 Å². The molecular weight excluding hydrogens is 140 g/mol. The highest BCUT2D eigenvalue weighted by Gasteiger charge is 2.40. The van der Waals surface area contributed by atoms with Crippen LogP contribution in [0, 0.1) is 11.3 Å². The highest BCUT2D eigenvalue weighted by Crippen LogP contribution is 2.33. The molecule has 3 nitrogen and oxygen atoms in total. The maximum absolute atomic E-state index is 11.0. The van der Waals surface area contributed by atoms with E-state index >= 15 is 0 Å². The zero-order valence-electron chi connectivity index (χ0n) is 7.42. The first-order chi connectivity index (χ1) is 4.93. The van der Waals surface area contributed by atoms with E-state index in [-0.39, 0.29) is 17.2 Å². The summed E-state index contributed by atoms with van der Waals surface area (Å²) in [5, 5.41) is 0. The lowest BCUT2D eigenvalue weighted by molar-refractivity contribution is -0.123. The second-order valence-electron chi connectivity index (χ2n) is 4.14. The van der Waals surface area contributed by atoms with Crippen LogP contribution in [0.5, 0.6) is 0 Å². The van der Waals surface area contributed by atoms with E-state index in [1.165, 1.54) is 0 Å². The molecule has 2 N–H and O–H groups in total. The summed E-state index contributed by atoms with van der Waals surface area (Å²) >= 11 is 0. The molecule has 0 spiro atoms. The van der Waals surface area contributed by atoms with Crippen molar-refractivity contribution in [2.75, 3.05) is 20.1 Å². The third-order valence-electron chi connectivity index (χ3n) is 2.46. The average Bonchev–Trinajstić information content (AvgIpc) is 2.04. The van der Waals surface area contributed by atoms with Gasteiger partial charge in [0, 0.05) is 13.1 Å². The van der Waals surface area contributed by atoms with E-state index in [9.17, 15) is 4.79 Å². The van der Waals surface area contributed by atoms with E-state index in [2.05, 4.69) is 18.7 Å². The van der Waals surface area contributed by atoms with Crippen LogP contribution in [0.15, 0.2) is 0 Å². The zero-order valence-corrected chi connectivity index (χ0v) is 7.42. The monoisotopic (exact) mass is 156 g/mol. The molecule has 1 saturated heterocycles. The summed E-state index contributed by atoms with van der Waals surface area (Å²) in [6, 6.07) is 0. The van der Waals surface area contributed by atoms with Crippen molar-refractivity contribution in [3.05, 3.63) is 0 Å². The van der Waals surface area contributed by atoms with Gasteiger partial charge >= 0.3 is 0 Å². The van der Waals surface area contributed by atoms with Gasteiger partial charge in [0.25, 0.3) is 0 Å². The van der Waals surface area contributed by atoms with E-state index in [1.807, 2.05) is 7.05 Å². The van der Waals surface area contributed by atoms with Gasteiger partial charge in [-0.2, -0.15) is 0 Å². The minimum Gasteiger partial charge on any atom is -0.369 e. The lowest BCUT2D eigenvalue weighted by Gasteiger charge is -2.22. The van der Waals surface area contributed by atoms with E-state index in [0.717, 1.165) is 13.1 Å². The number of rotatable bonds is 1. The van der Waals surface area contributed by atoms with Crippen molar-refractivity contribution in [3.8, 4) is 0 Å². The van der Waals surface area contributed by atoms with E-state index < -0.39 is 0 Å². The Bertz CT molecular complexity index is 177. The molecule has 64 valence electrons. The molecule has 1 aliphatic heterocycles. The van der Waals surface area contributed by atoms with Gasteiger partial charge in [0.15, 0.2) is 0 Å². The topological polar surface area (TPSA) is 46.3 Å². The molecule has 0 aliphatic carbocycles. The van der Waals surface area contributed by atoms with Gasteiger partial charge in [-0.25, -0.2) is 0 Å². The molecule has 0 aromatic rings. The van der Waals surface area contributed by atoms with Crippen LogP contribution in [-0.4, -0.2) is 30.9 Å². The Morgan fingerprint density at radius 1 is 1.64 bits per heavy atom. The summed E-state index contributed by atoms with van der Waals surface area (Å²) in [6.45, 7) is 5.95. The maximum Gasteiger partial charge on any atom is 0.222 e. The summed E-state index contributed by atoms with van der Waals surface area (Å²) in [5.41, 5.74) is 5.33. The Balaban J connectivity index is 2.74. The fraction of sp³-hybridized carbons (Fsp3) is 0.875. The lowest BCUT2D eigenvalue weighted by atomic mass is 9.82. The second kappa shape index (κ2) is 2.48. The Hall–Kier alpha value is -0.570. The second-order valence-corrected chi connectivity index (χ2v) is 4.14. The summed E-state index contributed by atoms with van der Waals surface area (Å²) < 4.78 is 0. The van der Waals surface area contributed by atoms with Crippen molar-refractivity contribution < 1.29 is 4.79 Å². The Kier molecular flexibility index (Phi) is 1.92. The van der Waals surface area contributed by atoms with E-state index in [1.54, 1.807) is 0 Å². The molecule has 1 unspecified atom stereocenters. The smallest absolute Gasteiger partial charge is 0.222 e. The third kappa shape index (κ3) is 1.53. The molecule has 3 heteroatoms. The molecule has 0 aromatic heterocycles. The van der Waals surface area contributed by atoms with Gasteiger partial charge in [0.1, 0.15) is 0 Å². The van der Waals surface area contributed by atoms with E-state index in [4.69, 9.17) is 5.73 Å². The Morgan fingerprint density at radius 2 is 2.18 bits per heavy atom. The molecule has 1 atom stereocenters. The van der Waals surface area contributed by atoms with Gasteiger partial charge in [-0.1, -0.05) is 13.8 Å². The SMILES string of the molecule is CN1CC(C(N)=O)C(C)(C)C1. The molecular formula is C8H16N2O. The molecule has 1 amide bonds. The van der Waals surface area contributed by atoms with Crippen molar-refractivity contribution in [1.82, 2.24) is 4.90 Å². The van der Waals surface area contributed by atoms with Crippen LogP contribution in [0.2, 0.25) is 0 Å². The molecule has 1 aliphatic rings. The van der Waals surface area contributed by atoms with Crippen LogP contribution in [0.3, 0.4) is 0 Å². The van der Waals surface area contributed by atoms with Gasteiger partial charge in [0.05, 0.1) is 5.92 Å². The minimum absolute atomic E-state index is 0.0208. The predicted octanol–water partition coefficient (Wildman–Crippen LogP) is 0.0595. The molecule has 1 heterocycles.